The molecule has 1 heterocycles. The summed E-state index contributed by atoms with van der Waals surface area (Å²) in [6, 6.07) is 8.56. The molecule has 0 atom stereocenters. The number of rotatable bonds is 5. The summed E-state index contributed by atoms with van der Waals surface area (Å²) in [6.45, 7) is 5.88. The van der Waals surface area contributed by atoms with Gasteiger partial charge in [-0.25, -0.2) is 0 Å². The molecule has 0 aromatic heterocycles. The van der Waals surface area contributed by atoms with Crippen molar-refractivity contribution >= 4 is 5.69 Å². The highest BCUT2D eigenvalue weighted by Crippen LogP contribution is 2.20. The maximum absolute atomic E-state index is 5.50. The van der Waals surface area contributed by atoms with E-state index in [1.165, 1.54) is 0 Å². The van der Waals surface area contributed by atoms with Gasteiger partial charge in [0.05, 0.1) is 0 Å². The first-order chi connectivity index (χ1) is 8.38. The number of hydrogen-bond donors (Lipinski definition) is 1. The maximum atomic E-state index is 5.50. The average Bonchev–Trinajstić information content (AvgIpc) is 2.38. The third-order valence-corrected chi connectivity index (χ3v) is 2.79. The summed E-state index contributed by atoms with van der Waals surface area (Å²) in [5, 5.41) is 3.51. The van der Waals surface area contributed by atoms with Crippen molar-refractivity contribution in [2.75, 3.05) is 25.1 Å². The molecule has 0 radical (unpaired) electrons. The quantitative estimate of drug-likeness (QED) is 0.793. The van der Waals surface area contributed by atoms with Crippen molar-refractivity contribution in [2.45, 2.75) is 18.9 Å². The zero-order valence-corrected chi connectivity index (χ0v) is 10.0. The Labute approximate surface area is 102 Å². The van der Waals surface area contributed by atoms with Gasteiger partial charge in [0.1, 0.15) is 12.4 Å². The molecule has 1 aliphatic heterocycles. The van der Waals surface area contributed by atoms with E-state index in [0.29, 0.717) is 12.6 Å². The largest absolute Gasteiger partial charge is 0.489 e. The predicted molar refractivity (Wildman–Crippen MR) is 69.6 cm³/mol. The summed E-state index contributed by atoms with van der Waals surface area (Å²) in [6.07, 6.45) is 3.88. The Kier molecular flexibility index (Phi) is 4.45. The fraction of sp³-hybridized carbons (Fsp3) is 0.429. The van der Waals surface area contributed by atoms with Crippen LogP contribution in [0, 0.1) is 0 Å². The lowest BCUT2D eigenvalue weighted by atomic mass is 10.1. The minimum atomic E-state index is 0.512. The Balaban J connectivity index is 1.92. The lowest BCUT2D eigenvalue weighted by Gasteiger charge is -2.24. The normalized spacial score (nSPS) is 16.5. The molecule has 1 aliphatic rings. The van der Waals surface area contributed by atoms with Crippen molar-refractivity contribution in [1.29, 1.82) is 0 Å². The van der Waals surface area contributed by atoms with Crippen LogP contribution in [0.4, 0.5) is 5.69 Å². The number of hydrogen-bond acceptors (Lipinski definition) is 3. The average molecular weight is 233 g/mol. The highest BCUT2D eigenvalue weighted by atomic mass is 16.5. The summed E-state index contributed by atoms with van der Waals surface area (Å²) >= 11 is 0. The van der Waals surface area contributed by atoms with E-state index in [2.05, 4.69) is 18.0 Å². The van der Waals surface area contributed by atoms with Gasteiger partial charge in [-0.1, -0.05) is 18.7 Å². The second kappa shape index (κ2) is 6.30. The van der Waals surface area contributed by atoms with Crippen molar-refractivity contribution in [3.05, 3.63) is 36.9 Å². The zero-order valence-electron chi connectivity index (χ0n) is 10.0. The second-order valence-corrected chi connectivity index (χ2v) is 4.16. The molecule has 0 aliphatic carbocycles. The first kappa shape index (κ1) is 12.0. The molecule has 1 aromatic rings. The molecule has 0 spiro atoms. The van der Waals surface area contributed by atoms with Gasteiger partial charge in [-0.2, -0.15) is 0 Å². The Hall–Kier alpha value is -1.48. The Morgan fingerprint density at radius 2 is 2.24 bits per heavy atom. The van der Waals surface area contributed by atoms with Crippen molar-refractivity contribution in [3.63, 3.8) is 0 Å². The van der Waals surface area contributed by atoms with Gasteiger partial charge in [0.15, 0.2) is 0 Å². The molecule has 2 rings (SSSR count). The lowest BCUT2D eigenvalue weighted by molar-refractivity contribution is 0.0904. The molecule has 0 unspecified atom stereocenters. The van der Waals surface area contributed by atoms with E-state index in [1.807, 2.05) is 18.2 Å². The molecule has 1 saturated heterocycles. The molecule has 17 heavy (non-hydrogen) atoms. The molecule has 3 heteroatoms. The van der Waals surface area contributed by atoms with Crippen molar-refractivity contribution in [1.82, 2.24) is 0 Å². The summed E-state index contributed by atoms with van der Waals surface area (Å²) in [7, 11) is 0. The van der Waals surface area contributed by atoms with Crippen LogP contribution in [-0.4, -0.2) is 25.9 Å². The van der Waals surface area contributed by atoms with E-state index in [9.17, 15) is 0 Å². The van der Waals surface area contributed by atoms with Gasteiger partial charge in [-0.3, -0.25) is 0 Å². The van der Waals surface area contributed by atoms with Gasteiger partial charge in [-0.15, -0.1) is 0 Å². The molecule has 1 fully saturated rings. The Morgan fingerprint density at radius 3 is 3.00 bits per heavy atom. The van der Waals surface area contributed by atoms with Gasteiger partial charge >= 0.3 is 0 Å². The van der Waals surface area contributed by atoms with E-state index < -0.39 is 0 Å². The maximum Gasteiger partial charge on any atom is 0.121 e. The van der Waals surface area contributed by atoms with Gasteiger partial charge in [-0.05, 0) is 25.0 Å². The van der Waals surface area contributed by atoms with Gasteiger partial charge in [0.25, 0.3) is 0 Å². The third-order valence-electron chi connectivity index (χ3n) is 2.79. The zero-order chi connectivity index (χ0) is 11.9. The van der Waals surface area contributed by atoms with Crippen LogP contribution in [0.1, 0.15) is 12.8 Å². The standard InChI is InChI=1S/C14H19NO2/c1-2-8-17-14-5-3-4-13(11-14)15-12-6-9-16-10-7-12/h2-5,11-12,15H,1,6-10H2. The fourth-order valence-corrected chi connectivity index (χ4v) is 1.91. The minimum absolute atomic E-state index is 0.512. The van der Waals surface area contributed by atoms with Crippen LogP contribution in [0.15, 0.2) is 36.9 Å². The van der Waals surface area contributed by atoms with Crippen LogP contribution < -0.4 is 10.1 Å². The summed E-state index contributed by atoms with van der Waals surface area (Å²) in [4.78, 5) is 0. The number of anilines is 1. The van der Waals surface area contributed by atoms with E-state index >= 15 is 0 Å². The highest BCUT2D eigenvalue weighted by molar-refractivity contribution is 5.48. The van der Waals surface area contributed by atoms with E-state index in [0.717, 1.165) is 37.5 Å². The lowest BCUT2D eigenvalue weighted by Crippen LogP contribution is -2.27. The summed E-state index contributed by atoms with van der Waals surface area (Å²) in [5.74, 6) is 0.877. The van der Waals surface area contributed by atoms with Crippen LogP contribution in [-0.2, 0) is 4.74 Å². The second-order valence-electron chi connectivity index (χ2n) is 4.16. The number of ether oxygens (including phenoxy) is 2. The SMILES string of the molecule is C=CCOc1cccc(NC2CCOCC2)c1. The Bertz CT molecular complexity index is 359. The van der Waals surface area contributed by atoms with E-state index in [-0.39, 0.29) is 0 Å². The molecule has 0 amide bonds. The predicted octanol–water partition coefficient (Wildman–Crippen LogP) is 2.84. The van der Waals surface area contributed by atoms with Gasteiger partial charge in [0, 0.05) is 31.0 Å². The van der Waals surface area contributed by atoms with Crippen molar-refractivity contribution < 1.29 is 9.47 Å². The van der Waals surface area contributed by atoms with E-state index in [4.69, 9.17) is 9.47 Å². The fourth-order valence-electron chi connectivity index (χ4n) is 1.91. The van der Waals surface area contributed by atoms with Gasteiger partial charge in [0.2, 0.25) is 0 Å². The van der Waals surface area contributed by atoms with Crippen LogP contribution >= 0.6 is 0 Å². The molecule has 1 aromatic carbocycles. The smallest absolute Gasteiger partial charge is 0.121 e. The number of benzene rings is 1. The highest BCUT2D eigenvalue weighted by Gasteiger charge is 2.13. The van der Waals surface area contributed by atoms with Crippen LogP contribution in [0.2, 0.25) is 0 Å². The van der Waals surface area contributed by atoms with Crippen LogP contribution in [0.25, 0.3) is 0 Å². The first-order valence-corrected chi connectivity index (χ1v) is 6.06. The monoisotopic (exact) mass is 233 g/mol. The number of nitrogens with one attached hydrogen (secondary N) is 1. The molecular formula is C14H19NO2. The summed E-state index contributed by atoms with van der Waals surface area (Å²) < 4.78 is 10.8. The molecule has 92 valence electrons. The first-order valence-electron chi connectivity index (χ1n) is 6.06. The van der Waals surface area contributed by atoms with Crippen LogP contribution in [0.5, 0.6) is 5.75 Å². The molecule has 0 saturated carbocycles. The van der Waals surface area contributed by atoms with E-state index in [1.54, 1.807) is 6.08 Å². The van der Waals surface area contributed by atoms with Crippen LogP contribution in [0.3, 0.4) is 0 Å². The Morgan fingerprint density at radius 1 is 1.41 bits per heavy atom. The minimum Gasteiger partial charge on any atom is -0.489 e. The molecular weight excluding hydrogens is 214 g/mol. The summed E-state index contributed by atoms with van der Waals surface area (Å²) in [5.41, 5.74) is 1.11. The van der Waals surface area contributed by atoms with Gasteiger partial charge < -0.3 is 14.8 Å². The third kappa shape index (κ3) is 3.79. The van der Waals surface area contributed by atoms with Crippen molar-refractivity contribution in [2.24, 2.45) is 0 Å². The molecule has 1 N–H and O–H groups in total. The topological polar surface area (TPSA) is 30.5 Å². The molecule has 0 bridgehead atoms. The van der Waals surface area contributed by atoms with Crippen molar-refractivity contribution in [3.8, 4) is 5.75 Å². The molecule has 3 nitrogen and oxygen atoms in total.